The van der Waals surface area contributed by atoms with Crippen LogP contribution in [0, 0.1) is 0 Å². The van der Waals surface area contributed by atoms with E-state index in [-0.39, 0.29) is 18.2 Å². The smallest absolute Gasteiger partial charge is 0.239 e. The molecule has 2 N–H and O–H groups in total. The second-order valence-corrected chi connectivity index (χ2v) is 7.58. The number of rotatable bonds is 8. The normalized spacial score (nSPS) is 15.3. The average Bonchev–Trinajstić information content (AvgIpc) is 2.60. The van der Waals surface area contributed by atoms with Gasteiger partial charge in [-0.2, -0.15) is 0 Å². The van der Waals surface area contributed by atoms with Gasteiger partial charge in [0.05, 0.1) is 36.9 Å². The minimum atomic E-state index is -3.40. The van der Waals surface area contributed by atoms with Crippen molar-refractivity contribution in [1.82, 2.24) is 4.72 Å². The molecule has 1 saturated heterocycles. The predicted octanol–water partition coefficient (Wildman–Crippen LogP) is 1.18. The quantitative estimate of drug-likeness (QED) is 0.731. The molecule has 0 aromatic heterocycles. The summed E-state index contributed by atoms with van der Waals surface area (Å²) in [5.74, 6) is -0.336. The molecule has 7 nitrogen and oxygen atoms in total. The lowest BCUT2D eigenvalue weighted by atomic mass is 10.2. The van der Waals surface area contributed by atoms with Crippen LogP contribution in [0.15, 0.2) is 24.3 Å². The van der Waals surface area contributed by atoms with Gasteiger partial charge in [0.25, 0.3) is 0 Å². The first-order valence-corrected chi connectivity index (χ1v) is 9.86. The lowest BCUT2D eigenvalue weighted by molar-refractivity contribution is -0.115. The molecule has 1 fully saturated rings. The third-order valence-corrected chi connectivity index (χ3v) is 5.16. The number of para-hydroxylation sites is 2. The number of benzene rings is 1. The van der Waals surface area contributed by atoms with Gasteiger partial charge in [0.2, 0.25) is 15.9 Å². The van der Waals surface area contributed by atoms with Crippen molar-refractivity contribution in [2.45, 2.75) is 19.8 Å². The van der Waals surface area contributed by atoms with E-state index in [1.165, 1.54) is 0 Å². The number of unbranched alkanes of at least 4 members (excludes halogenated alkanes) is 1. The lowest BCUT2D eigenvalue weighted by Crippen LogP contribution is -2.37. The van der Waals surface area contributed by atoms with Crippen molar-refractivity contribution >= 4 is 27.3 Å². The van der Waals surface area contributed by atoms with Crippen molar-refractivity contribution in [2.24, 2.45) is 0 Å². The van der Waals surface area contributed by atoms with Gasteiger partial charge in [0, 0.05) is 13.1 Å². The zero-order valence-corrected chi connectivity index (χ0v) is 14.8. The largest absolute Gasteiger partial charge is 0.378 e. The standard InChI is InChI=1S/C16H25N3O4S/c1-2-3-12-24(21,22)17-13-16(20)18-14-6-4-5-7-15(14)19-8-10-23-11-9-19/h4-7,17H,2-3,8-13H2,1H3,(H,18,20). The Morgan fingerprint density at radius 3 is 2.67 bits per heavy atom. The fraction of sp³-hybridized carbons (Fsp3) is 0.562. The van der Waals surface area contributed by atoms with E-state index in [1.807, 2.05) is 31.2 Å². The van der Waals surface area contributed by atoms with Crippen molar-refractivity contribution in [1.29, 1.82) is 0 Å². The molecule has 1 aliphatic heterocycles. The number of sulfonamides is 1. The van der Waals surface area contributed by atoms with Gasteiger partial charge >= 0.3 is 0 Å². The monoisotopic (exact) mass is 355 g/mol. The summed E-state index contributed by atoms with van der Waals surface area (Å²) in [7, 11) is -3.40. The first-order chi connectivity index (χ1) is 11.5. The van der Waals surface area contributed by atoms with E-state index in [0.717, 1.165) is 25.2 Å². The maximum absolute atomic E-state index is 12.1. The first kappa shape index (κ1) is 18.7. The van der Waals surface area contributed by atoms with E-state index in [4.69, 9.17) is 4.74 Å². The highest BCUT2D eigenvalue weighted by Gasteiger charge is 2.17. The minimum Gasteiger partial charge on any atom is -0.378 e. The summed E-state index contributed by atoms with van der Waals surface area (Å²) < 4.78 is 31.2. The van der Waals surface area contributed by atoms with Gasteiger partial charge in [-0.1, -0.05) is 25.5 Å². The molecule has 0 aliphatic carbocycles. The van der Waals surface area contributed by atoms with Gasteiger partial charge in [-0.05, 0) is 18.6 Å². The molecule has 0 atom stereocenters. The summed E-state index contributed by atoms with van der Waals surface area (Å²) in [6.07, 6.45) is 1.37. The molecular formula is C16H25N3O4S. The van der Waals surface area contributed by atoms with Crippen LogP contribution >= 0.6 is 0 Å². The average molecular weight is 355 g/mol. The maximum atomic E-state index is 12.1. The molecule has 1 aliphatic rings. The highest BCUT2D eigenvalue weighted by molar-refractivity contribution is 7.89. The number of hydrogen-bond donors (Lipinski definition) is 2. The Labute approximate surface area is 143 Å². The molecule has 1 aromatic rings. The van der Waals surface area contributed by atoms with Crippen LogP contribution in [0.5, 0.6) is 0 Å². The summed E-state index contributed by atoms with van der Waals surface area (Å²) in [6.45, 7) is 4.49. The molecule has 24 heavy (non-hydrogen) atoms. The van der Waals surface area contributed by atoms with Gasteiger partial charge < -0.3 is 15.0 Å². The number of morpholine rings is 1. The Morgan fingerprint density at radius 1 is 1.25 bits per heavy atom. The van der Waals surface area contributed by atoms with Crippen LogP contribution in [0.1, 0.15) is 19.8 Å². The van der Waals surface area contributed by atoms with Crippen LogP contribution in [0.3, 0.4) is 0 Å². The Morgan fingerprint density at radius 2 is 1.96 bits per heavy atom. The van der Waals surface area contributed by atoms with E-state index in [0.29, 0.717) is 25.3 Å². The number of anilines is 2. The molecule has 0 radical (unpaired) electrons. The fourth-order valence-corrected chi connectivity index (χ4v) is 3.60. The number of ether oxygens (including phenoxy) is 1. The highest BCUT2D eigenvalue weighted by atomic mass is 32.2. The third kappa shape index (κ3) is 5.77. The molecular weight excluding hydrogens is 330 g/mol. The zero-order chi connectivity index (χ0) is 17.4. The summed E-state index contributed by atoms with van der Waals surface area (Å²) in [5.41, 5.74) is 1.60. The first-order valence-electron chi connectivity index (χ1n) is 8.21. The van der Waals surface area contributed by atoms with Crippen molar-refractivity contribution in [3.05, 3.63) is 24.3 Å². The van der Waals surface area contributed by atoms with Gasteiger partial charge in [-0.3, -0.25) is 4.79 Å². The second-order valence-electron chi connectivity index (χ2n) is 5.66. The number of hydrogen-bond acceptors (Lipinski definition) is 5. The molecule has 134 valence electrons. The van der Waals surface area contributed by atoms with Crippen LogP contribution in [0.4, 0.5) is 11.4 Å². The maximum Gasteiger partial charge on any atom is 0.239 e. The third-order valence-electron chi connectivity index (χ3n) is 3.75. The van der Waals surface area contributed by atoms with E-state index >= 15 is 0 Å². The predicted molar refractivity (Wildman–Crippen MR) is 94.8 cm³/mol. The summed E-state index contributed by atoms with van der Waals surface area (Å²) in [6, 6.07) is 7.50. The van der Waals surface area contributed by atoms with Crippen molar-refractivity contribution in [2.75, 3.05) is 48.8 Å². The van der Waals surface area contributed by atoms with Crippen molar-refractivity contribution in [3.8, 4) is 0 Å². The van der Waals surface area contributed by atoms with E-state index in [2.05, 4.69) is 14.9 Å². The number of carbonyl (C=O) groups is 1. The van der Waals surface area contributed by atoms with Crippen LogP contribution < -0.4 is 14.9 Å². The van der Waals surface area contributed by atoms with Gasteiger partial charge in [0.15, 0.2) is 0 Å². The molecule has 0 unspecified atom stereocenters. The molecule has 1 heterocycles. The zero-order valence-electron chi connectivity index (χ0n) is 14.0. The van der Waals surface area contributed by atoms with Crippen LogP contribution in [0.2, 0.25) is 0 Å². The molecule has 1 aromatic carbocycles. The summed E-state index contributed by atoms with van der Waals surface area (Å²) in [4.78, 5) is 14.2. The van der Waals surface area contributed by atoms with Gasteiger partial charge in [-0.15, -0.1) is 0 Å². The number of nitrogens with zero attached hydrogens (tertiary/aromatic N) is 1. The molecule has 2 rings (SSSR count). The topological polar surface area (TPSA) is 87.7 Å². The summed E-state index contributed by atoms with van der Waals surface area (Å²) >= 11 is 0. The fourth-order valence-electron chi connectivity index (χ4n) is 2.44. The Kier molecular flexibility index (Phi) is 7.01. The van der Waals surface area contributed by atoms with Crippen LogP contribution in [-0.4, -0.2) is 52.9 Å². The molecule has 1 amide bonds. The number of carbonyl (C=O) groups excluding carboxylic acids is 1. The molecule has 0 saturated carbocycles. The second kappa shape index (κ2) is 9.00. The van der Waals surface area contributed by atoms with Crippen molar-refractivity contribution in [3.63, 3.8) is 0 Å². The van der Waals surface area contributed by atoms with E-state index < -0.39 is 10.0 Å². The molecule has 8 heteroatoms. The Bertz CT molecular complexity index is 642. The molecule has 0 bridgehead atoms. The van der Waals surface area contributed by atoms with E-state index in [9.17, 15) is 13.2 Å². The number of amides is 1. The lowest BCUT2D eigenvalue weighted by Gasteiger charge is -2.30. The minimum absolute atomic E-state index is 0.0428. The summed E-state index contributed by atoms with van der Waals surface area (Å²) in [5, 5.41) is 2.79. The number of nitrogens with one attached hydrogen (secondary N) is 2. The van der Waals surface area contributed by atoms with E-state index in [1.54, 1.807) is 0 Å². The van der Waals surface area contributed by atoms with Crippen LogP contribution in [-0.2, 0) is 19.6 Å². The Balaban J connectivity index is 1.94. The van der Waals surface area contributed by atoms with Gasteiger partial charge in [0.1, 0.15) is 0 Å². The molecule has 0 spiro atoms. The van der Waals surface area contributed by atoms with Crippen molar-refractivity contribution < 1.29 is 17.9 Å². The Hall–Kier alpha value is -1.64. The van der Waals surface area contributed by atoms with Gasteiger partial charge in [-0.25, -0.2) is 13.1 Å². The highest BCUT2D eigenvalue weighted by Crippen LogP contribution is 2.26. The SMILES string of the molecule is CCCCS(=O)(=O)NCC(=O)Nc1ccccc1N1CCOCC1. The van der Waals surface area contributed by atoms with Crippen LogP contribution in [0.25, 0.3) is 0 Å².